The Morgan fingerprint density at radius 3 is 2.74 bits per heavy atom. The molecular weight excluding hydrogens is 390 g/mol. The van der Waals surface area contributed by atoms with Gasteiger partial charge < -0.3 is 9.64 Å². The number of ketones is 2. The molecule has 1 fully saturated rings. The number of piperidine rings is 1. The molecular formula is C17H15N3O5S2. The number of carbonyl (C=O) groups is 4. The van der Waals surface area contributed by atoms with Crippen LogP contribution in [0.1, 0.15) is 60.9 Å². The van der Waals surface area contributed by atoms with Crippen LogP contribution in [0.4, 0.5) is 0 Å². The first-order valence-corrected chi connectivity index (χ1v) is 10.1. The molecule has 1 aliphatic heterocycles. The second-order valence-corrected chi connectivity index (χ2v) is 7.90. The molecule has 0 bridgehead atoms. The molecule has 0 N–H and O–H groups in total. The van der Waals surface area contributed by atoms with Crippen molar-refractivity contribution in [2.75, 3.05) is 19.7 Å². The van der Waals surface area contributed by atoms with Crippen molar-refractivity contribution in [1.29, 1.82) is 0 Å². The van der Waals surface area contributed by atoms with E-state index in [-0.39, 0.29) is 57.7 Å². The van der Waals surface area contributed by atoms with Crippen molar-refractivity contribution in [3.63, 3.8) is 0 Å². The first-order chi connectivity index (χ1) is 13.0. The molecule has 0 aromatic carbocycles. The van der Waals surface area contributed by atoms with Gasteiger partial charge in [-0.1, -0.05) is 0 Å². The molecule has 27 heavy (non-hydrogen) atoms. The molecule has 140 valence electrons. The molecule has 1 amide bonds. The Hall–Kier alpha value is -2.46. The zero-order valence-electron chi connectivity index (χ0n) is 14.4. The van der Waals surface area contributed by atoms with Crippen LogP contribution < -0.4 is 0 Å². The Labute approximate surface area is 162 Å². The number of thiophene rings is 1. The minimum Gasteiger partial charge on any atom is -0.466 e. The third kappa shape index (κ3) is 2.98. The average molecular weight is 405 g/mol. The number of ether oxygens (including phenoxy) is 1. The summed E-state index contributed by atoms with van der Waals surface area (Å²) in [5.41, 5.74) is 0.306. The number of amides is 1. The summed E-state index contributed by atoms with van der Waals surface area (Å²) in [7, 11) is 0. The first kappa shape index (κ1) is 17.9. The summed E-state index contributed by atoms with van der Waals surface area (Å²) in [5.74, 6) is -1.69. The van der Waals surface area contributed by atoms with Crippen LogP contribution in [-0.2, 0) is 9.53 Å². The molecule has 0 unspecified atom stereocenters. The van der Waals surface area contributed by atoms with Crippen molar-refractivity contribution in [2.24, 2.45) is 5.92 Å². The van der Waals surface area contributed by atoms with Crippen LogP contribution >= 0.6 is 23.1 Å². The number of fused-ring (bicyclic) bond motifs is 2. The predicted octanol–water partition coefficient (Wildman–Crippen LogP) is 1.79. The molecule has 0 saturated carbocycles. The van der Waals surface area contributed by atoms with Gasteiger partial charge in [0, 0.05) is 18.7 Å². The van der Waals surface area contributed by atoms with Crippen LogP contribution in [0.15, 0.2) is 6.07 Å². The normalized spacial score (nSPS) is 18.9. The summed E-state index contributed by atoms with van der Waals surface area (Å²) in [5, 5.41) is 0. The minimum absolute atomic E-state index is 0.0506. The second-order valence-electron chi connectivity index (χ2n) is 6.32. The zero-order valence-corrected chi connectivity index (χ0v) is 16.0. The van der Waals surface area contributed by atoms with Gasteiger partial charge in [0.1, 0.15) is 0 Å². The summed E-state index contributed by atoms with van der Waals surface area (Å²) in [4.78, 5) is 52.0. The highest BCUT2D eigenvalue weighted by Gasteiger charge is 2.37. The molecule has 8 nitrogen and oxygen atoms in total. The SMILES string of the molecule is CCOC(=O)[C@H]1CCCN(C(=O)c2cc3c(s2)C(=O)c2nsnc2C3=O)C1. The lowest BCUT2D eigenvalue weighted by Gasteiger charge is -2.31. The van der Waals surface area contributed by atoms with Crippen LogP contribution in [0.2, 0.25) is 0 Å². The van der Waals surface area contributed by atoms with Crippen LogP contribution in [0.5, 0.6) is 0 Å². The Kier molecular flexibility index (Phi) is 4.60. The fourth-order valence-corrected chi connectivity index (χ4v) is 4.93. The molecule has 4 rings (SSSR count). The zero-order chi connectivity index (χ0) is 19.1. The van der Waals surface area contributed by atoms with Gasteiger partial charge >= 0.3 is 5.97 Å². The molecule has 3 heterocycles. The summed E-state index contributed by atoms with van der Waals surface area (Å²) >= 11 is 1.82. The third-order valence-electron chi connectivity index (χ3n) is 4.64. The van der Waals surface area contributed by atoms with E-state index in [1.165, 1.54) is 6.07 Å². The standard InChI is InChI=1S/C17H15N3O5S2/c1-2-25-17(24)8-4-3-5-20(7-8)16(23)10-6-9-13(21)11-12(19-27-18-11)14(22)15(9)26-10/h6,8H,2-5,7H2,1H3/t8-/m0/s1. The fraction of sp³-hybridized carbons (Fsp3) is 0.412. The van der Waals surface area contributed by atoms with Crippen molar-refractivity contribution in [1.82, 2.24) is 13.6 Å². The van der Waals surface area contributed by atoms with Gasteiger partial charge in [-0.2, -0.15) is 8.75 Å². The van der Waals surface area contributed by atoms with Gasteiger partial charge in [-0.15, -0.1) is 11.3 Å². The lowest BCUT2D eigenvalue weighted by molar-refractivity contribution is -0.149. The average Bonchev–Trinajstić information content (AvgIpc) is 3.34. The maximum absolute atomic E-state index is 12.9. The largest absolute Gasteiger partial charge is 0.466 e. The van der Waals surface area contributed by atoms with Gasteiger partial charge in [-0.05, 0) is 25.8 Å². The second kappa shape index (κ2) is 6.93. The van der Waals surface area contributed by atoms with Gasteiger partial charge in [0.15, 0.2) is 11.4 Å². The summed E-state index contributed by atoms with van der Waals surface area (Å²) in [6, 6.07) is 1.46. The molecule has 1 atom stereocenters. The highest BCUT2D eigenvalue weighted by molar-refractivity contribution is 7.16. The highest BCUT2D eigenvalue weighted by atomic mass is 32.1. The number of likely N-dealkylation sites (tertiary alicyclic amines) is 1. The Bertz CT molecular complexity index is 916. The highest BCUT2D eigenvalue weighted by Crippen LogP contribution is 2.33. The van der Waals surface area contributed by atoms with E-state index in [1.807, 2.05) is 0 Å². The van der Waals surface area contributed by atoms with Crippen LogP contribution in [0, 0.1) is 5.92 Å². The van der Waals surface area contributed by atoms with Crippen molar-refractivity contribution < 1.29 is 23.9 Å². The topological polar surface area (TPSA) is 107 Å². The van der Waals surface area contributed by atoms with Gasteiger partial charge in [0.2, 0.25) is 11.6 Å². The number of rotatable bonds is 3. The lowest BCUT2D eigenvalue weighted by atomic mass is 9.96. The van der Waals surface area contributed by atoms with E-state index < -0.39 is 0 Å². The van der Waals surface area contributed by atoms with E-state index in [0.29, 0.717) is 30.9 Å². The smallest absolute Gasteiger partial charge is 0.310 e. The van der Waals surface area contributed by atoms with Gasteiger partial charge in [-0.25, -0.2) is 0 Å². The molecule has 0 spiro atoms. The maximum atomic E-state index is 12.9. The molecule has 10 heteroatoms. The Morgan fingerprint density at radius 2 is 2.00 bits per heavy atom. The summed E-state index contributed by atoms with van der Waals surface area (Å²) in [6.07, 6.45) is 1.38. The molecule has 1 aliphatic carbocycles. The molecule has 0 radical (unpaired) electrons. The van der Waals surface area contributed by atoms with E-state index in [9.17, 15) is 19.2 Å². The van der Waals surface area contributed by atoms with E-state index >= 15 is 0 Å². The first-order valence-electron chi connectivity index (χ1n) is 8.53. The van der Waals surface area contributed by atoms with Crippen molar-refractivity contribution in [3.8, 4) is 0 Å². The number of carbonyl (C=O) groups excluding carboxylic acids is 4. The van der Waals surface area contributed by atoms with E-state index in [0.717, 1.165) is 23.1 Å². The van der Waals surface area contributed by atoms with Gasteiger partial charge in [0.25, 0.3) is 5.91 Å². The molecule has 1 saturated heterocycles. The van der Waals surface area contributed by atoms with E-state index in [2.05, 4.69) is 8.75 Å². The Morgan fingerprint density at radius 1 is 1.26 bits per heavy atom. The summed E-state index contributed by atoms with van der Waals surface area (Å²) in [6.45, 7) is 2.85. The maximum Gasteiger partial charge on any atom is 0.310 e. The number of nitrogens with zero attached hydrogens (tertiary/aromatic N) is 3. The molecule has 2 aromatic heterocycles. The number of esters is 1. The molecule has 2 aliphatic rings. The predicted molar refractivity (Wildman–Crippen MR) is 96.4 cm³/mol. The third-order valence-corrected chi connectivity index (χ3v) is 6.29. The van der Waals surface area contributed by atoms with Crippen molar-refractivity contribution >= 4 is 46.5 Å². The quantitative estimate of drug-likeness (QED) is 0.612. The van der Waals surface area contributed by atoms with Crippen molar-refractivity contribution in [3.05, 3.63) is 32.8 Å². The van der Waals surface area contributed by atoms with Gasteiger partial charge in [0.05, 0.1) is 34.0 Å². The van der Waals surface area contributed by atoms with Gasteiger partial charge in [-0.3, -0.25) is 19.2 Å². The Balaban J connectivity index is 1.58. The van der Waals surface area contributed by atoms with Crippen LogP contribution in [0.25, 0.3) is 0 Å². The fourth-order valence-electron chi connectivity index (χ4n) is 3.33. The van der Waals surface area contributed by atoms with Crippen molar-refractivity contribution in [2.45, 2.75) is 19.8 Å². The van der Waals surface area contributed by atoms with Crippen LogP contribution in [-0.4, -0.2) is 56.8 Å². The molecule has 2 aromatic rings. The summed E-state index contributed by atoms with van der Waals surface area (Å²) < 4.78 is 12.9. The van der Waals surface area contributed by atoms with E-state index in [1.54, 1.807) is 11.8 Å². The monoisotopic (exact) mass is 405 g/mol. The minimum atomic E-state index is -0.383. The number of aromatic nitrogens is 2. The lowest BCUT2D eigenvalue weighted by Crippen LogP contribution is -2.42. The van der Waals surface area contributed by atoms with Crippen LogP contribution in [0.3, 0.4) is 0 Å². The number of hydrogen-bond donors (Lipinski definition) is 0. The van der Waals surface area contributed by atoms with E-state index in [4.69, 9.17) is 4.74 Å². The number of hydrogen-bond acceptors (Lipinski definition) is 9.